The quantitative estimate of drug-likeness (QED) is 0.599. The van der Waals surface area contributed by atoms with Gasteiger partial charge in [-0.2, -0.15) is 0 Å². The van der Waals surface area contributed by atoms with E-state index in [0.29, 0.717) is 11.2 Å². The largest absolute Gasteiger partial charge is 0.357 e. The minimum absolute atomic E-state index is 0.196. The highest BCUT2D eigenvalue weighted by Crippen LogP contribution is 2.15. The van der Waals surface area contributed by atoms with Crippen molar-refractivity contribution in [2.75, 3.05) is 0 Å². The zero-order valence-electron chi connectivity index (χ0n) is 12.8. The summed E-state index contributed by atoms with van der Waals surface area (Å²) in [6.07, 6.45) is 1.54. The van der Waals surface area contributed by atoms with E-state index in [9.17, 15) is 9.59 Å². The molecule has 0 amide bonds. The van der Waals surface area contributed by atoms with Gasteiger partial charge in [0.15, 0.2) is 11.2 Å². The zero-order chi connectivity index (χ0) is 16.1. The van der Waals surface area contributed by atoms with E-state index in [1.165, 1.54) is 9.13 Å². The van der Waals surface area contributed by atoms with Gasteiger partial charge in [0.25, 0.3) is 5.56 Å². The monoisotopic (exact) mass is 309 g/mol. The van der Waals surface area contributed by atoms with Crippen LogP contribution in [0.15, 0.2) is 46.2 Å². The number of aromatic nitrogens is 5. The van der Waals surface area contributed by atoms with Crippen LogP contribution in [0.1, 0.15) is 5.69 Å². The maximum atomic E-state index is 12.7. The molecule has 0 aliphatic heterocycles. The number of H-pyrrole nitrogens is 1. The fourth-order valence-electron chi connectivity index (χ4n) is 2.92. The summed E-state index contributed by atoms with van der Waals surface area (Å²) in [6, 6.07) is 9.79. The van der Waals surface area contributed by atoms with Crippen molar-refractivity contribution < 1.29 is 0 Å². The van der Waals surface area contributed by atoms with Gasteiger partial charge in [-0.1, -0.05) is 18.2 Å². The number of imidazole rings is 1. The van der Waals surface area contributed by atoms with Crippen molar-refractivity contribution >= 4 is 22.1 Å². The SMILES string of the molecule is Cn1cnc2c1c(=O)n(Cc1cc3ccccc3[nH]1)c(=O)n2C. The summed E-state index contributed by atoms with van der Waals surface area (Å²) in [5.41, 5.74) is 1.90. The Morgan fingerprint density at radius 2 is 1.96 bits per heavy atom. The van der Waals surface area contributed by atoms with Gasteiger partial charge in [0.1, 0.15) is 0 Å². The molecular formula is C16H15N5O2. The second-order valence-corrected chi connectivity index (χ2v) is 5.64. The average Bonchev–Trinajstić information content (AvgIpc) is 3.12. The standard InChI is InChI=1S/C16H15N5O2/c1-19-9-17-14-13(19)15(22)21(16(23)20(14)2)8-11-7-10-5-3-4-6-12(10)18-11/h3-7,9,18H,8H2,1-2H3. The van der Waals surface area contributed by atoms with Crippen molar-refractivity contribution in [2.24, 2.45) is 14.1 Å². The van der Waals surface area contributed by atoms with Gasteiger partial charge < -0.3 is 9.55 Å². The van der Waals surface area contributed by atoms with E-state index in [-0.39, 0.29) is 17.8 Å². The maximum Gasteiger partial charge on any atom is 0.332 e. The number of rotatable bonds is 2. The molecule has 0 atom stereocenters. The lowest BCUT2D eigenvalue weighted by atomic mass is 10.2. The maximum absolute atomic E-state index is 12.7. The molecule has 116 valence electrons. The fraction of sp³-hybridized carbons (Fsp3) is 0.188. The predicted molar refractivity (Wildman–Crippen MR) is 87.6 cm³/mol. The number of para-hydroxylation sites is 1. The van der Waals surface area contributed by atoms with Crippen molar-refractivity contribution in [3.8, 4) is 0 Å². The van der Waals surface area contributed by atoms with E-state index < -0.39 is 0 Å². The minimum Gasteiger partial charge on any atom is -0.357 e. The number of hydrogen-bond donors (Lipinski definition) is 1. The first kappa shape index (κ1) is 13.6. The van der Waals surface area contributed by atoms with Crippen LogP contribution in [0.5, 0.6) is 0 Å². The van der Waals surface area contributed by atoms with Crippen molar-refractivity contribution in [1.29, 1.82) is 0 Å². The first-order valence-corrected chi connectivity index (χ1v) is 7.24. The van der Waals surface area contributed by atoms with E-state index in [1.54, 1.807) is 25.0 Å². The molecule has 0 aliphatic carbocycles. The molecule has 7 heteroatoms. The van der Waals surface area contributed by atoms with Crippen LogP contribution in [0.25, 0.3) is 22.1 Å². The third kappa shape index (κ3) is 1.93. The number of aromatic amines is 1. The lowest BCUT2D eigenvalue weighted by molar-refractivity contribution is 0.648. The Kier molecular flexibility index (Phi) is 2.77. The Balaban J connectivity index is 1.93. The van der Waals surface area contributed by atoms with E-state index in [2.05, 4.69) is 9.97 Å². The lowest BCUT2D eigenvalue weighted by Crippen LogP contribution is -2.39. The fourth-order valence-corrected chi connectivity index (χ4v) is 2.92. The van der Waals surface area contributed by atoms with E-state index in [4.69, 9.17) is 0 Å². The number of nitrogens with one attached hydrogen (secondary N) is 1. The van der Waals surface area contributed by atoms with Crippen molar-refractivity contribution in [3.05, 3.63) is 63.2 Å². The van der Waals surface area contributed by atoms with Crippen LogP contribution in [0, 0.1) is 0 Å². The molecule has 0 fully saturated rings. The van der Waals surface area contributed by atoms with Crippen LogP contribution in [0.3, 0.4) is 0 Å². The second-order valence-electron chi connectivity index (χ2n) is 5.64. The number of hydrogen-bond acceptors (Lipinski definition) is 3. The highest BCUT2D eigenvalue weighted by Gasteiger charge is 2.15. The third-order valence-corrected chi connectivity index (χ3v) is 4.12. The summed E-state index contributed by atoms with van der Waals surface area (Å²) in [4.78, 5) is 32.5. The number of aryl methyl sites for hydroxylation is 2. The molecule has 1 N–H and O–H groups in total. The zero-order valence-corrected chi connectivity index (χ0v) is 12.8. The molecule has 7 nitrogen and oxygen atoms in total. The second kappa shape index (κ2) is 4.70. The molecule has 0 saturated carbocycles. The first-order chi connectivity index (χ1) is 11.1. The van der Waals surface area contributed by atoms with Gasteiger partial charge in [0, 0.05) is 25.3 Å². The van der Waals surface area contributed by atoms with Gasteiger partial charge >= 0.3 is 5.69 Å². The highest BCUT2D eigenvalue weighted by atomic mass is 16.2. The molecule has 23 heavy (non-hydrogen) atoms. The van der Waals surface area contributed by atoms with Crippen molar-refractivity contribution in [2.45, 2.75) is 6.54 Å². The van der Waals surface area contributed by atoms with Gasteiger partial charge in [-0.15, -0.1) is 0 Å². The Bertz CT molecular complexity index is 1130. The molecule has 0 radical (unpaired) electrons. The normalized spacial score (nSPS) is 11.6. The molecule has 0 bridgehead atoms. The molecule has 0 spiro atoms. The Labute approximate surface area is 130 Å². The number of nitrogens with zero attached hydrogens (tertiary/aromatic N) is 4. The van der Waals surface area contributed by atoms with E-state index >= 15 is 0 Å². The summed E-state index contributed by atoms with van der Waals surface area (Å²) >= 11 is 0. The Morgan fingerprint density at radius 3 is 2.74 bits per heavy atom. The smallest absolute Gasteiger partial charge is 0.332 e. The Hall–Kier alpha value is -3.09. The van der Waals surface area contributed by atoms with Crippen LogP contribution in [0.4, 0.5) is 0 Å². The summed E-state index contributed by atoms with van der Waals surface area (Å²) in [6.45, 7) is 0.196. The summed E-state index contributed by atoms with van der Waals surface area (Å²) in [5.74, 6) is 0. The van der Waals surface area contributed by atoms with Crippen LogP contribution < -0.4 is 11.2 Å². The van der Waals surface area contributed by atoms with E-state index in [0.717, 1.165) is 16.6 Å². The van der Waals surface area contributed by atoms with Crippen molar-refractivity contribution in [3.63, 3.8) is 0 Å². The van der Waals surface area contributed by atoms with Gasteiger partial charge in [0.2, 0.25) is 0 Å². The summed E-state index contributed by atoms with van der Waals surface area (Å²) in [5, 5.41) is 1.05. The molecule has 4 rings (SSSR count). The summed E-state index contributed by atoms with van der Waals surface area (Å²) < 4.78 is 4.27. The van der Waals surface area contributed by atoms with Crippen LogP contribution in [-0.2, 0) is 20.6 Å². The highest BCUT2D eigenvalue weighted by molar-refractivity contribution is 5.80. The van der Waals surface area contributed by atoms with Gasteiger partial charge in [0.05, 0.1) is 12.9 Å². The molecule has 0 aliphatic rings. The predicted octanol–water partition coefficient (Wildman–Crippen LogP) is 0.963. The van der Waals surface area contributed by atoms with Gasteiger partial charge in [-0.25, -0.2) is 9.78 Å². The average molecular weight is 309 g/mol. The van der Waals surface area contributed by atoms with E-state index in [1.807, 2.05) is 30.3 Å². The molecule has 3 heterocycles. The number of fused-ring (bicyclic) bond motifs is 2. The Morgan fingerprint density at radius 1 is 1.17 bits per heavy atom. The third-order valence-electron chi connectivity index (χ3n) is 4.12. The molecule has 0 saturated heterocycles. The van der Waals surface area contributed by atoms with Crippen LogP contribution in [0.2, 0.25) is 0 Å². The number of benzene rings is 1. The summed E-state index contributed by atoms with van der Waals surface area (Å²) in [7, 11) is 3.37. The molecule has 3 aromatic heterocycles. The van der Waals surface area contributed by atoms with Gasteiger partial charge in [-0.3, -0.25) is 13.9 Å². The molecule has 1 aromatic carbocycles. The minimum atomic E-state index is -0.375. The topological polar surface area (TPSA) is 77.6 Å². The lowest BCUT2D eigenvalue weighted by Gasteiger charge is -2.07. The van der Waals surface area contributed by atoms with Crippen LogP contribution >= 0.6 is 0 Å². The first-order valence-electron chi connectivity index (χ1n) is 7.24. The van der Waals surface area contributed by atoms with Crippen molar-refractivity contribution in [1.82, 2.24) is 23.7 Å². The molecule has 4 aromatic rings. The molecular weight excluding hydrogens is 294 g/mol. The van der Waals surface area contributed by atoms with Crippen LogP contribution in [-0.4, -0.2) is 23.7 Å². The molecule has 0 unspecified atom stereocenters. The van der Waals surface area contributed by atoms with Gasteiger partial charge in [-0.05, 0) is 17.5 Å².